The molecule has 0 bridgehead atoms. The molecular formula is C21H19N2+. The van der Waals surface area contributed by atoms with Crippen LogP contribution < -0.4 is 4.57 Å². The molecule has 0 amide bonds. The number of aryl methyl sites for hydroxylation is 2. The Kier molecular flexibility index (Phi) is 3.23. The van der Waals surface area contributed by atoms with Gasteiger partial charge in [-0.1, -0.05) is 18.2 Å². The van der Waals surface area contributed by atoms with Crippen LogP contribution in [-0.4, -0.2) is 4.40 Å². The zero-order valence-corrected chi connectivity index (χ0v) is 13.4. The SMILES string of the molecule is Cc1ccc(-c2ccc3cccn3c2)cc1-c1cccc[n+]1C. The van der Waals surface area contributed by atoms with Crippen molar-refractivity contribution in [3.8, 4) is 22.4 Å². The molecule has 0 aliphatic rings. The number of hydrogen-bond donors (Lipinski definition) is 0. The number of fused-ring (bicyclic) bond motifs is 1. The zero-order valence-electron chi connectivity index (χ0n) is 13.4. The largest absolute Gasteiger partial charge is 0.323 e. The molecule has 2 heteroatoms. The van der Waals surface area contributed by atoms with E-state index in [-0.39, 0.29) is 0 Å². The molecular weight excluding hydrogens is 280 g/mol. The smallest absolute Gasteiger partial charge is 0.212 e. The third-order valence-electron chi connectivity index (χ3n) is 4.43. The van der Waals surface area contributed by atoms with Crippen molar-refractivity contribution in [2.45, 2.75) is 6.92 Å². The monoisotopic (exact) mass is 299 g/mol. The molecule has 0 radical (unpaired) electrons. The first-order chi connectivity index (χ1) is 11.2. The Labute approximate surface area is 136 Å². The fourth-order valence-corrected chi connectivity index (χ4v) is 3.09. The lowest BCUT2D eigenvalue weighted by Gasteiger charge is -2.09. The highest BCUT2D eigenvalue weighted by Gasteiger charge is 2.12. The van der Waals surface area contributed by atoms with Crippen molar-refractivity contribution < 1.29 is 4.57 Å². The molecule has 0 saturated carbocycles. The van der Waals surface area contributed by atoms with Crippen LogP contribution >= 0.6 is 0 Å². The molecule has 1 aromatic carbocycles. The van der Waals surface area contributed by atoms with Crippen molar-refractivity contribution in [1.29, 1.82) is 0 Å². The number of rotatable bonds is 2. The summed E-state index contributed by atoms with van der Waals surface area (Å²) in [4.78, 5) is 0. The summed E-state index contributed by atoms with van der Waals surface area (Å²) < 4.78 is 4.33. The Morgan fingerprint density at radius 3 is 2.61 bits per heavy atom. The Morgan fingerprint density at radius 1 is 0.870 bits per heavy atom. The second-order valence-electron chi connectivity index (χ2n) is 5.98. The molecule has 23 heavy (non-hydrogen) atoms. The molecule has 2 nitrogen and oxygen atoms in total. The third-order valence-corrected chi connectivity index (χ3v) is 4.43. The van der Waals surface area contributed by atoms with Gasteiger partial charge in [0.05, 0.1) is 0 Å². The van der Waals surface area contributed by atoms with Crippen LogP contribution in [0.4, 0.5) is 0 Å². The first-order valence-corrected chi connectivity index (χ1v) is 7.85. The van der Waals surface area contributed by atoms with Crippen LogP contribution in [0.3, 0.4) is 0 Å². The van der Waals surface area contributed by atoms with E-state index in [0.717, 1.165) is 0 Å². The van der Waals surface area contributed by atoms with Gasteiger partial charge in [0.1, 0.15) is 7.05 Å². The van der Waals surface area contributed by atoms with E-state index >= 15 is 0 Å². The molecule has 0 N–H and O–H groups in total. The van der Waals surface area contributed by atoms with E-state index in [1.165, 1.54) is 33.5 Å². The quantitative estimate of drug-likeness (QED) is 0.485. The molecule has 0 aliphatic carbocycles. The molecule has 0 saturated heterocycles. The Hall–Kier alpha value is -2.87. The van der Waals surface area contributed by atoms with Crippen LogP contribution in [0.1, 0.15) is 5.56 Å². The summed E-state index contributed by atoms with van der Waals surface area (Å²) in [6, 6.07) is 21.6. The first kappa shape index (κ1) is 13.8. The summed E-state index contributed by atoms with van der Waals surface area (Å²) in [6.07, 6.45) is 6.37. The first-order valence-electron chi connectivity index (χ1n) is 7.85. The van der Waals surface area contributed by atoms with Gasteiger partial charge in [0.2, 0.25) is 5.69 Å². The zero-order chi connectivity index (χ0) is 15.8. The number of benzene rings is 1. The van der Waals surface area contributed by atoms with Gasteiger partial charge in [0.15, 0.2) is 6.20 Å². The van der Waals surface area contributed by atoms with E-state index in [9.17, 15) is 0 Å². The molecule has 4 rings (SSSR count). The summed E-state index contributed by atoms with van der Waals surface area (Å²) in [6.45, 7) is 2.17. The predicted molar refractivity (Wildman–Crippen MR) is 94.2 cm³/mol. The Bertz CT molecular complexity index is 996. The number of aromatic nitrogens is 2. The van der Waals surface area contributed by atoms with E-state index in [1.54, 1.807) is 0 Å². The maximum Gasteiger partial charge on any atom is 0.212 e. The summed E-state index contributed by atoms with van der Waals surface area (Å²) >= 11 is 0. The Morgan fingerprint density at radius 2 is 1.74 bits per heavy atom. The van der Waals surface area contributed by atoms with E-state index in [4.69, 9.17) is 0 Å². The predicted octanol–water partition coefficient (Wildman–Crippen LogP) is 4.41. The average molecular weight is 299 g/mol. The molecule has 0 aliphatic heterocycles. The maximum atomic E-state index is 2.29. The molecule has 0 spiro atoms. The standard InChI is InChI=1S/C21H19N2/c1-16-8-9-17(14-20(16)21-7-3-4-12-22(21)2)18-10-11-19-6-5-13-23(19)15-18/h3-15H,1-2H3/q+1. The lowest BCUT2D eigenvalue weighted by Crippen LogP contribution is -2.30. The lowest BCUT2D eigenvalue weighted by atomic mass is 9.98. The van der Waals surface area contributed by atoms with Crippen LogP contribution in [0.2, 0.25) is 0 Å². The second kappa shape index (κ2) is 5.40. The van der Waals surface area contributed by atoms with Crippen molar-refractivity contribution in [3.63, 3.8) is 0 Å². The maximum absolute atomic E-state index is 2.29. The van der Waals surface area contributed by atoms with Gasteiger partial charge >= 0.3 is 0 Å². The molecule has 0 unspecified atom stereocenters. The van der Waals surface area contributed by atoms with Crippen molar-refractivity contribution in [2.75, 3.05) is 0 Å². The van der Waals surface area contributed by atoms with Gasteiger partial charge in [0.25, 0.3) is 0 Å². The highest BCUT2D eigenvalue weighted by molar-refractivity contribution is 5.73. The van der Waals surface area contributed by atoms with Gasteiger partial charge in [-0.25, -0.2) is 4.57 Å². The third kappa shape index (κ3) is 2.42. The summed E-state index contributed by atoms with van der Waals surface area (Å²) in [5, 5.41) is 0. The molecule has 112 valence electrons. The minimum Gasteiger partial charge on any atom is -0.323 e. The van der Waals surface area contributed by atoms with Crippen LogP contribution in [0.25, 0.3) is 27.9 Å². The number of hydrogen-bond acceptors (Lipinski definition) is 0. The topological polar surface area (TPSA) is 8.29 Å². The van der Waals surface area contributed by atoms with Crippen molar-refractivity contribution >= 4 is 5.52 Å². The molecule has 3 heterocycles. The number of pyridine rings is 2. The minimum atomic E-state index is 1.22. The van der Waals surface area contributed by atoms with Gasteiger partial charge in [-0.15, -0.1) is 0 Å². The lowest BCUT2D eigenvalue weighted by molar-refractivity contribution is -0.660. The summed E-state index contributed by atoms with van der Waals surface area (Å²) in [7, 11) is 2.09. The van der Waals surface area contributed by atoms with Crippen LogP contribution in [0.15, 0.2) is 79.3 Å². The molecule has 0 fully saturated rings. The molecule has 4 aromatic rings. The fraction of sp³-hybridized carbons (Fsp3) is 0.0952. The van der Waals surface area contributed by atoms with Gasteiger partial charge in [-0.2, -0.15) is 0 Å². The highest BCUT2D eigenvalue weighted by Crippen LogP contribution is 2.28. The summed E-state index contributed by atoms with van der Waals surface area (Å²) in [5.41, 5.74) is 7.49. The van der Waals surface area contributed by atoms with Crippen molar-refractivity contribution in [2.24, 2.45) is 7.05 Å². The fourth-order valence-electron chi connectivity index (χ4n) is 3.09. The van der Waals surface area contributed by atoms with E-state index in [2.05, 4.69) is 102 Å². The van der Waals surface area contributed by atoms with E-state index in [1.807, 2.05) is 0 Å². The second-order valence-corrected chi connectivity index (χ2v) is 5.98. The summed E-state index contributed by atoms with van der Waals surface area (Å²) in [5.74, 6) is 0. The van der Waals surface area contributed by atoms with Gasteiger partial charge < -0.3 is 4.40 Å². The highest BCUT2D eigenvalue weighted by atomic mass is 14.9. The van der Waals surface area contributed by atoms with Crippen LogP contribution in [0, 0.1) is 6.92 Å². The van der Waals surface area contributed by atoms with E-state index in [0.29, 0.717) is 0 Å². The van der Waals surface area contributed by atoms with Crippen molar-refractivity contribution in [1.82, 2.24) is 4.40 Å². The minimum absolute atomic E-state index is 1.22. The molecule has 0 atom stereocenters. The average Bonchev–Trinajstić information content (AvgIpc) is 3.04. The van der Waals surface area contributed by atoms with Gasteiger partial charge in [0, 0.05) is 35.6 Å². The Balaban J connectivity index is 1.87. The molecule has 3 aromatic heterocycles. The van der Waals surface area contributed by atoms with E-state index < -0.39 is 0 Å². The van der Waals surface area contributed by atoms with Crippen LogP contribution in [0.5, 0.6) is 0 Å². The van der Waals surface area contributed by atoms with Crippen LogP contribution in [-0.2, 0) is 7.05 Å². The van der Waals surface area contributed by atoms with Gasteiger partial charge in [-0.05, 0) is 53.9 Å². The normalized spacial score (nSPS) is 11.0. The van der Waals surface area contributed by atoms with Crippen molar-refractivity contribution in [3.05, 3.63) is 84.8 Å². The van der Waals surface area contributed by atoms with Gasteiger partial charge in [-0.3, -0.25) is 0 Å². The number of nitrogens with zero attached hydrogens (tertiary/aromatic N) is 2.